The Morgan fingerprint density at radius 3 is 1.00 bits per heavy atom. The van der Waals surface area contributed by atoms with Crippen molar-refractivity contribution >= 4 is 17.9 Å². The average Bonchev–Trinajstić information content (AvgIpc) is 3.31. The van der Waals surface area contributed by atoms with Gasteiger partial charge in [-0.15, -0.1) is 0 Å². The molecule has 0 aliphatic heterocycles. The van der Waals surface area contributed by atoms with Crippen LogP contribution in [-0.2, 0) is 28.6 Å². The minimum absolute atomic E-state index is 0.0974. The smallest absolute Gasteiger partial charge is 0.310 e. The monoisotopic (exact) mass is 919 g/mol. The van der Waals surface area contributed by atoms with Crippen molar-refractivity contribution in [2.75, 3.05) is 13.2 Å². The number of hydrogen-bond donors (Lipinski definition) is 0. The fraction of sp³-hybridized carbons (Fsp3) is 0.717. The molecule has 1 atom stereocenters. The molecule has 0 rings (SSSR count). The molecule has 0 radical (unpaired) electrons. The van der Waals surface area contributed by atoms with E-state index in [1.165, 1.54) is 141 Å². The zero-order valence-corrected chi connectivity index (χ0v) is 43.2. The van der Waals surface area contributed by atoms with Crippen LogP contribution in [0.2, 0.25) is 0 Å². The molecule has 6 heteroatoms. The van der Waals surface area contributed by atoms with E-state index in [0.717, 1.165) is 77.0 Å². The number of hydrogen-bond acceptors (Lipinski definition) is 6. The summed E-state index contributed by atoms with van der Waals surface area (Å²) in [7, 11) is 0. The molecule has 1 unspecified atom stereocenters. The molecule has 0 aliphatic carbocycles. The van der Waals surface area contributed by atoms with E-state index >= 15 is 0 Å². The Morgan fingerprint density at radius 2 is 0.636 bits per heavy atom. The highest BCUT2D eigenvalue weighted by molar-refractivity contribution is 5.72. The van der Waals surface area contributed by atoms with Crippen LogP contribution >= 0.6 is 0 Å². The van der Waals surface area contributed by atoms with Crippen LogP contribution in [0.4, 0.5) is 0 Å². The highest BCUT2D eigenvalue weighted by atomic mass is 16.6. The molecular weight excluding hydrogens is 817 g/mol. The van der Waals surface area contributed by atoms with Gasteiger partial charge in [-0.3, -0.25) is 14.4 Å². The Balaban J connectivity index is 4.36. The average molecular weight is 919 g/mol. The second kappa shape index (κ2) is 54.2. The number of esters is 3. The molecule has 0 saturated heterocycles. The maximum Gasteiger partial charge on any atom is 0.310 e. The topological polar surface area (TPSA) is 78.9 Å². The number of carbonyl (C=O) groups is 3. The molecule has 0 aromatic carbocycles. The normalized spacial score (nSPS) is 12.7. The van der Waals surface area contributed by atoms with Gasteiger partial charge in [0, 0.05) is 12.8 Å². The van der Waals surface area contributed by atoms with Gasteiger partial charge in [-0.05, 0) is 77.0 Å². The van der Waals surface area contributed by atoms with Gasteiger partial charge in [0.05, 0.1) is 6.42 Å². The van der Waals surface area contributed by atoms with Crippen molar-refractivity contribution in [3.63, 3.8) is 0 Å². The Labute approximate surface area is 407 Å². The summed E-state index contributed by atoms with van der Waals surface area (Å²) in [6.45, 7) is 6.42. The molecule has 0 bridgehead atoms. The van der Waals surface area contributed by atoms with E-state index in [0.29, 0.717) is 12.8 Å². The number of allylic oxidation sites excluding steroid dienone is 13. The second-order valence-corrected chi connectivity index (χ2v) is 18.1. The van der Waals surface area contributed by atoms with Gasteiger partial charge in [0.2, 0.25) is 0 Å². The summed E-state index contributed by atoms with van der Waals surface area (Å²) >= 11 is 0. The van der Waals surface area contributed by atoms with Crippen LogP contribution in [0, 0.1) is 0 Å². The fourth-order valence-electron chi connectivity index (χ4n) is 7.55. The third-order valence-corrected chi connectivity index (χ3v) is 11.7. The summed E-state index contributed by atoms with van der Waals surface area (Å²) in [5.41, 5.74) is 0. The summed E-state index contributed by atoms with van der Waals surface area (Å²) in [5.74, 6) is -1.05. The molecule has 0 N–H and O–H groups in total. The Hall–Kier alpha value is -3.41. The van der Waals surface area contributed by atoms with E-state index < -0.39 is 12.1 Å². The maximum atomic E-state index is 12.7. The lowest BCUT2D eigenvalue weighted by atomic mass is 10.0. The van der Waals surface area contributed by atoms with Gasteiger partial charge >= 0.3 is 17.9 Å². The minimum Gasteiger partial charge on any atom is -0.462 e. The van der Waals surface area contributed by atoms with Crippen LogP contribution in [-0.4, -0.2) is 37.2 Å². The molecule has 378 valence electrons. The molecule has 0 fully saturated rings. The molecule has 0 saturated carbocycles. The first kappa shape index (κ1) is 62.6. The SMILES string of the molecule is CC/C=C\C/C=C\C/C=C\C/C=C\C/C=C\CC(=O)OC(COC(=O)CCCCCCCCCCCC)COC(=O)CCCCCCCCCCCCC/C=C\C/C=C\CCCCCCC. The molecule has 6 nitrogen and oxygen atoms in total. The third-order valence-electron chi connectivity index (χ3n) is 11.7. The predicted molar refractivity (Wildman–Crippen MR) is 284 cm³/mol. The van der Waals surface area contributed by atoms with E-state index in [9.17, 15) is 14.4 Å². The van der Waals surface area contributed by atoms with Crippen LogP contribution in [0.1, 0.15) is 258 Å². The van der Waals surface area contributed by atoms with Crippen molar-refractivity contribution < 1.29 is 28.6 Å². The highest BCUT2D eigenvalue weighted by Crippen LogP contribution is 2.15. The lowest BCUT2D eigenvalue weighted by molar-refractivity contribution is -0.166. The van der Waals surface area contributed by atoms with E-state index in [2.05, 4.69) is 93.7 Å². The third kappa shape index (κ3) is 51.6. The van der Waals surface area contributed by atoms with Crippen molar-refractivity contribution in [2.45, 2.75) is 264 Å². The molecule has 66 heavy (non-hydrogen) atoms. The van der Waals surface area contributed by atoms with Gasteiger partial charge in [-0.1, -0.05) is 247 Å². The number of rotatable bonds is 49. The van der Waals surface area contributed by atoms with Crippen LogP contribution < -0.4 is 0 Å². The van der Waals surface area contributed by atoms with Gasteiger partial charge in [0.15, 0.2) is 6.10 Å². The van der Waals surface area contributed by atoms with Crippen molar-refractivity contribution in [2.24, 2.45) is 0 Å². The predicted octanol–water partition coefficient (Wildman–Crippen LogP) is 18.4. The van der Waals surface area contributed by atoms with Crippen LogP contribution in [0.25, 0.3) is 0 Å². The van der Waals surface area contributed by atoms with E-state index in [4.69, 9.17) is 14.2 Å². The Bertz CT molecular complexity index is 1290. The van der Waals surface area contributed by atoms with E-state index in [1.54, 1.807) is 6.08 Å². The summed E-state index contributed by atoms with van der Waals surface area (Å²) in [5, 5.41) is 0. The zero-order valence-electron chi connectivity index (χ0n) is 43.2. The lowest BCUT2D eigenvalue weighted by Crippen LogP contribution is -2.30. The number of ether oxygens (including phenoxy) is 3. The molecule has 0 spiro atoms. The molecule has 0 aromatic rings. The first-order valence-electron chi connectivity index (χ1n) is 27.6. The minimum atomic E-state index is -0.829. The Morgan fingerprint density at radius 1 is 0.333 bits per heavy atom. The summed E-state index contributed by atoms with van der Waals surface area (Å²) in [6.07, 6.45) is 70.3. The largest absolute Gasteiger partial charge is 0.462 e. The summed E-state index contributed by atoms with van der Waals surface area (Å²) in [4.78, 5) is 37.9. The molecule has 0 heterocycles. The molecule has 0 amide bonds. The van der Waals surface area contributed by atoms with Crippen LogP contribution in [0.5, 0.6) is 0 Å². The maximum absolute atomic E-state index is 12.7. The van der Waals surface area contributed by atoms with Gasteiger partial charge in [-0.2, -0.15) is 0 Å². The first-order valence-corrected chi connectivity index (χ1v) is 27.6. The van der Waals surface area contributed by atoms with Crippen molar-refractivity contribution in [3.8, 4) is 0 Å². The second-order valence-electron chi connectivity index (χ2n) is 18.1. The number of unbranched alkanes of at least 4 members (excludes halogenated alkanes) is 25. The van der Waals surface area contributed by atoms with Gasteiger partial charge in [-0.25, -0.2) is 0 Å². The van der Waals surface area contributed by atoms with E-state index in [1.807, 2.05) is 6.08 Å². The van der Waals surface area contributed by atoms with Crippen LogP contribution in [0.3, 0.4) is 0 Å². The lowest BCUT2D eigenvalue weighted by Gasteiger charge is -2.18. The molecular formula is C60H102O6. The van der Waals surface area contributed by atoms with Gasteiger partial charge in [0.25, 0.3) is 0 Å². The zero-order chi connectivity index (χ0) is 47.9. The van der Waals surface area contributed by atoms with Crippen molar-refractivity contribution in [3.05, 3.63) is 85.1 Å². The van der Waals surface area contributed by atoms with Crippen molar-refractivity contribution in [1.82, 2.24) is 0 Å². The van der Waals surface area contributed by atoms with Crippen LogP contribution in [0.15, 0.2) is 85.1 Å². The Kier molecular flexibility index (Phi) is 51.4. The van der Waals surface area contributed by atoms with E-state index in [-0.39, 0.29) is 31.6 Å². The highest BCUT2D eigenvalue weighted by Gasteiger charge is 2.19. The summed E-state index contributed by atoms with van der Waals surface area (Å²) < 4.78 is 16.7. The van der Waals surface area contributed by atoms with Gasteiger partial charge in [0.1, 0.15) is 13.2 Å². The fourth-order valence-corrected chi connectivity index (χ4v) is 7.55. The first-order chi connectivity index (χ1) is 32.5. The molecule has 0 aliphatic rings. The molecule has 0 aromatic heterocycles. The summed E-state index contributed by atoms with van der Waals surface area (Å²) in [6, 6.07) is 0. The number of carbonyl (C=O) groups excluding carboxylic acids is 3. The standard InChI is InChI=1S/C60H102O6/c1-4-7-10-13-16-19-22-24-26-27-28-29-30-31-32-33-35-36-38-41-44-47-50-53-59(62)65-56-57(55-64-58(61)52-49-46-43-40-21-18-15-12-9-6-3)66-60(63)54-51-48-45-42-39-37-34-25-23-20-17-14-11-8-5-2/h8,11,17,20,22,24-25,27-28,34,39,42,48,51,57H,4-7,9-10,12-16,18-19,21,23,26,29-33,35-38,40-41,43-47,49-50,52-56H2,1-3H3/b11-8-,20-17-,24-22-,28-27-,34-25-,42-39-,51-48-. The van der Waals surface area contributed by atoms with Gasteiger partial charge < -0.3 is 14.2 Å². The van der Waals surface area contributed by atoms with Crippen molar-refractivity contribution in [1.29, 1.82) is 0 Å². The quantitative estimate of drug-likeness (QED) is 0.0262.